The Kier molecular flexibility index (Phi) is 7.80. The van der Waals surface area contributed by atoms with Crippen LogP contribution in [0, 0.1) is 6.92 Å². The molecule has 198 valence electrons. The molecule has 2 amide bonds. The van der Waals surface area contributed by atoms with Crippen molar-refractivity contribution in [1.82, 2.24) is 19.8 Å². The molecular weight excluding hydrogens is 524 g/mol. The third-order valence-electron chi connectivity index (χ3n) is 6.90. The van der Waals surface area contributed by atoms with E-state index in [1.165, 1.54) is 4.90 Å². The van der Waals surface area contributed by atoms with Gasteiger partial charge in [-0.3, -0.25) is 9.59 Å². The minimum absolute atomic E-state index is 0.181. The van der Waals surface area contributed by atoms with Crippen molar-refractivity contribution in [2.45, 2.75) is 51.1 Å². The van der Waals surface area contributed by atoms with Crippen LogP contribution in [0.3, 0.4) is 0 Å². The fourth-order valence-corrected chi connectivity index (χ4v) is 6.12. The topological polar surface area (TPSA) is 108 Å². The molecule has 3 N–H and O–H groups in total. The number of rotatable bonds is 8. The number of aromatic nitrogens is 2. The summed E-state index contributed by atoms with van der Waals surface area (Å²) < 4.78 is 2.14. The summed E-state index contributed by atoms with van der Waals surface area (Å²) in [4.78, 5) is 33.7. The number of hydrogen-bond acceptors (Lipinski definition) is 6. The minimum atomic E-state index is -1.87. The molecule has 8 nitrogen and oxygen atoms in total. The van der Waals surface area contributed by atoms with E-state index in [-0.39, 0.29) is 12.6 Å². The van der Waals surface area contributed by atoms with Gasteiger partial charge in [0.25, 0.3) is 11.8 Å². The number of fused-ring (bicyclic) bond motifs is 1. The lowest BCUT2D eigenvalue weighted by molar-refractivity contribution is -0.153. The Labute approximate surface area is 229 Å². The van der Waals surface area contributed by atoms with Crippen LogP contribution in [-0.2, 0) is 22.7 Å². The maximum atomic E-state index is 13.0. The first kappa shape index (κ1) is 26.4. The quantitative estimate of drug-likeness (QED) is 0.308. The molecule has 0 saturated carbocycles. The predicted molar refractivity (Wildman–Crippen MR) is 147 cm³/mol. The maximum absolute atomic E-state index is 13.0. The molecule has 3 heterocycles. The molecule has 1 unspecified atom stereocenters. The number of thiophene rings is 1. The SMILES string of the molecule is Cc1nc2ccccc2n1Cc1ccc(CNC(=O)[C@H](O)[C@@H](O)C(=O)N2CCCC2c2cccc(Cl)c2)s1. The van der Waals surface area contributed by atoms with E-state index >= 15 is 0 Å². The van der Waals surface area contributed by atoms with E-state index in [1.54, 1.807) is 23.5 Å². The van der Waals surface area contributed by atoms with Crippen LogP contribution in [0.1, 0.15) is 40.0 Å². The van der Waals surface area contributed by atoms with Gasteiger partial charge in [0.2, 0.25) is 0 Å². The van der Waals surface area contributed by atoms with E-state index in [0.717, 1.165) is 45.0 Å². The molecule has 2 aromatic carbocycles. The summed E-state index contributed by atoms with van der Waals surface area (Å²) in [5, 5.41) is 24.2. The van der Waals surface area contributed by atoms with Gasteiger partial charge >= 0.3 is 0 Å². The Bertz CT molecular complexity index is 1470. The number of nitrogens with one attached hydrogen (secondary N) is 1. The lowest BCUT2D eigenvalue weighted by Crippen LogP contribution is -2.50. The fourth-order valence-electron chi connectivity index (χ4n) is 4.97. The number of likely N-dealkylation sites (tertiary alicyclic amines) is 1. The Balaban J connectivity index is 1.18. The number of aryl methyl sites for hydroxylation is 1. The van der Waals surface area contributed by atoms with Crippen molar-refractivity contribution in [3.8, 4) is 0 Å². The van der Waals surface area contributed by atoms with Gasteiger partial charge in [-0.2, -0.15) is 0 Å². The van der Waals surface area contributed by atoms with Crippen LogP contribution < -0.4 is 5.32 Å². The average Bonchev–Trinajstić information content (AvgIpc) is 3.65. The highest BCUT2D eigenvalue weighted by molar-refractivity contribution is 7.12. The zero-order valence-corrected chi connectivity index (χ0v) is 22.5. The van der Waals surface area contributed by atoms with Gasteiger partial charge in [-0.25, -0.2) is 4.98 Å². The van der Waals surface area contributed by atoms with Crippen molar-refractivity contribution in [2.75, 3.05) is 6.54 Å². The van der Waals surface area contributed by atoms with Gasteiger partial charge in [0.1, 0.15) is 5.82 Å². The molecule has 0 aliphatic carbocycles. The minimum Gasteiger partial charge on any atom is -0.380 e. The number of imidazole rings is 1. The first-order chi connectivity index (χ1) is 18.3. The second-order valence-corrected chi connectivity index (χ2v) is 11.1. The molecule has 5 rings (SSSR count). The van der Waals surface area contributed by atoms with Crippen molar-refractivity contribution in [1.29, 1.82) is 0 Å². The van der Waals surface area contributed by atoms with Gasteiger partial charge in [-0.05, 0) is 61.7 Å². The standard InChI is InChI=1S/C28H29ClN4O4S/c1-17-31-22-8-2-3-9-24(22)33(17)16-21-12-11-20(38-21)15-30-27(36)25(34)26(35)28(37)32-13-5-10-23(32)18-6-4-7-19(29)14-18/h2-4,6-9,11-12,14,23,25-26,34-35H,5,10,13,15-16H2,1H3,(H,30,36)/t23?,25-,26-/m1/s1. The number of amides is 2. The summed E-state index contributed by atoms with van der Waals surface area (Å²) in [7, 11) is 0. The van der Waals surface area contributed by atoms with Gasteiger partial charge in [-0.15, -0.1) is 11.3 Å². The van der Waals surface area contributed by atoms with E-state index in [0.29, 0.717) is 18.1 Å². The molecule has 1 aliphatic heterocycles. The van der Waals surface area contributed by atoms with E-state index in [4.69, 9.17) is 11.6 Å². The molecule has 38 heavy (non-hydrogen) atoms. The number of hydrogen-bond donors (Lipinski definition) is 3. The number of para-hydroxylation sites is 2. The fraction of sp³-hybridized carbons (Fsp3) is 0.321. The van der Waals surface area contributed by atoms with Gasteiger partial charge in [0, 0.05) is 21.3 Å². The predicted octanol–water partition coefficient (Wildman–Crippen LogP) is 3.81. The highest BCUT2D eigenvalue weighted by atomic mass is 35.5. The van der Waals surface area contributed by atoms with Crippen molar-refractivity contribution >= 4 is 45.8 Å². The van der Waals surface area contributed by atoms with Gasteiger partial charge in [-0.1, -0.05) is 35.9 Å². The lowest BCUT2D eigenvalue weighted by Gasteiger charge is -2.28. The van der Waals surface area contributed by atoms with Crippen LogP contribution >= 0.6 is 22.9 Å². The number of carbonyl (C=O) groups excluding carboxylic acids is 2. The van der Waals surface area contributed by atoms with Crippen molar-refractivity contribution in [2.24, 2.45) is 0 Å². The summed E-state index contributed by atoms with van der Waals surface area (Å²) >= 11 is 7.65. The molecule has 1 aliphatic rings. The largest absolute Gasteiger partial charge is 0.380 e. The molecule has 3 atom stereocenters. The molecule has 0 spiro atoms. The number of nitrogens with zero attached hydrogens (tertiary/aromatic N) is 3. The first-order valence-electron chi connectivity index (χ1n) is 12.5. The molecule has 10 heteroatoms. The third-order valence-corrected chi connectivity index (χ3v) is 8.21. The number of benzene rings is 2. The van der Waals surface area contributed by atoms with Crippen LogP contribution in [0.25, 0.3) is 11.0 Å². The molecular formula is C28H29ClN4O4S. The van der Waals surface area contributed by atoms with Crippen LogP contribution in [0.2, 0.25) is 5.02 Å². The highest BCUT2D eigenvalue weighted by Crippen LogP contribution is 2.33. The Hall–Kier alpha value is -3.24. The molecule has 1 fully saturated rings. The number of halogens is 1. The van der Waals surface area contributed by atoms with Crippen molar-refractivity contribution in [3.05, 3.63) is 86.8 Å². The van der Waals surface area contributed by atoms with Crippen molar-refractivity contribution < 1.29 is 19.8 Å². The molecule has 0 bridgehead atoms. The molecule has 4 aromatic rings. The van der Waals surface area contributed by atoms with Crippen LogP contribution in [0.15, 0.2) is 60.7 Å². The average molecular weight is 553 g/mol. The van der Waals surface area contributed by atoms with Gasteiger partial charge in [0.15, 0.2) is 12.2 Å². The van der Waals surface area contributed by atoms with Gasteiger partial charge in [0.05, 0.1) is 30.2 Å². The zero-order chi connectivity index (χ0) is 26.8. The lowest BCUT2D eigenvalue weighted by atomic mass is 10.0. The number of aliphatic hydroxyl groups excluding tert-OH is 2. The van der Waals surface area contributed by atoms with E-state index < -0.39 is 24.0 Å². The summed E-state index contributed by atoms with van der Waals surface area (Å²) in [5.74, 6) is -0.543. The van der Waals surface area contributed by atoms with Crippen LogP contribution in [0.5, 0.6) is 0 Å². The summed E-state index contributed by atoms with van der Waals surface area (Å²) in [5.41, 5.74) is 2.87. The molecule has 1 saturated heterocycles. The third kappa shape index (κ3) is 5.47. The Morgan fingerprint density at radius 3 is 2.71 bits per heavy atom. The molecule has 2 aromatic heterocycles. The smallest absolute Gasteiger partial charge is 0.255 e. The monoisotopic (exact) mass is 552 g/mol. The summed E-state index contributed by atoms with van der Waals surface area (Å²) in [6.45, 7) is 3.25. The normalized spacial score (nSPS) is 17.1. The van der Waals surface area contributed by atoms with E-state index in [9.17, 15) is 19.8 Å². The zero-order valence-electron chi connectivity index (χ0n) is 20.9. The second kappa shape index (κ2) is 11.2. The number of aliphatic hydroxyl groups is 2. The highest BCUT2D eigenvalue weighted by Gasteiger charge is 2.38. The van der Waals surface area contributed by atoms with Crippen LogP contribution in [0.4, 0.5) is 0 Å². The Morgan fingerprint density at radius 2 is 1.89 bits per heavy atom. The maximum Gasteiger partial charge on any atom is 0.255 e. The van der Waals surface area contributed by atoms with E-state index in [1.807, 2.05) is 55.5 Å². The van der Waals surface area contributed by atoms with Crippen molar-refractivity contribution in [3.63, 3.8) is 0 Å². The van der Waals surface area contributed by atoms with Gasteiger partial charge < -0.3 is 25.0 Å². The summed E-state index contributed by atoms with van der Waals surface area (Å²) in [6, 6.07) is 18.9. The Morgan fingerprint density at radius 1 is 1.11 bits per heavy atom. The van der Waals surface area contributed by atoms with E-state index in [2.05, 4.69) is 14.9 Å². The summed E-state index contributed by atoms with van der Waals surface area (Å²) in [6.07, 6.45) is -2.25. The second-order valence-electron chi connectivity index (χ2n) is 9.45. The van der Waals surface area contributed by atoms with Crippen LogP contribution in [-0.4, -0.2) is 55.2 Å². The molecule has 0 radical (unpaired) electrons. The first-order valence-corrected chi connectivity index (χ1v) is 13.7. The number of carbonyl (C=O) groups is 2.